The molecule has 1 amide bonds. The van der Waals surface area contributed by atoms with Crippen molar-refractivity contribution in [1.82, 2.24) is 10.3 Å². The van der Waals surface area contributed by atoms with Crippen LogP contribution in [0.15, 0.2) is 53.9 Å². The number of amides is 1. The van der Waals surface area contributed by atoms with Gasteiger partial charge in [-0.1, -0.05) is 41.9 Å². The van der Waals surface area contributed by atoms with Crippen molar-refractivity contribution < 1.29 is 18.0 Å². The van der Waals surface area contributed by atoms with E-state index in [1.54, 1.807) is 18.4 Å². The lowest BCUT2D eigenvalue weighted by Gasteiger charge is -2.15. The summed E-state index contributed by atoms with van der Waals surface area (Å²) in [6.07, 6.45) is -4.30. The van der Waals surface area contributed by atoms with Crippen LogP contribution in [0.1, 0.15) is 29.8 Å². The van der Waals surface area contributed by atoms with Gasteiger partial charge in [0.25, 0.3) is 0 Å². The van der Waals surface area contributed by atoms with Crippen molar-refractivity contribution in [3.05, 3.63) is 75.8 Å². The van der Waals surface area contributed by atoms with Crippen LogP contribution in [0.2, 0.25) is 5.02 Å². The second kappa shape index (κ2) is 8.32. The third-order valence-electron chi connectivity index (χ3n) is 4.11. The van der Waals surface area contributed by atoms with Gasteiger partial charge in [-0.05, 0) is 30.7 Å². The summed E-state index contributed by atoms with van der Waals surface area (Å²) in [5, 5.41) is 5.89. The molecule has 0 spiro atoms. The second-order valence-corrected chi connectivity index (χ2v) is 7.47. The highest BCUT2D eigenvalue weighted by Gasteiger charge is 2.30. The molecule has 0 aliphatic heterocycles. The van der Waals surface area contributed by atoms with Gasteiger partial charge in [-0.25, -0.2) is 4.98 Å². The Kier molecular flexibility index (Phi) is 6.05. The quantitative estimate of drug-likeness (QED) is 0.553. The van der Waals surface area contributed by atoms with E-state index in [4.69, 9.17) is 11.6 Å². The van der Waals surface area contributed by atoms with Gasteiger partial charge >= 0.3 is 6.18 Å². The van der Waals surface area contributed by atoms with E-state index < -0.39 is 17.8 Å². The largest absolute Gasteiger partial charge is 0.416 e. The van der Waals surface area contributed by atoms with Crippen molar-refractivity contribution in [2.24, 2.45) is 0 Å². The van der Waals surface area contributed by atoms with Gasteiger partial charge in [0.05, 0.1) is 28.7 Å². The van der Waals surface area contributed by atoms with E-state index in [0.29, 0.717) is 16.3 Å². The van der Waals surface area contributed by atoms with Crippen molar-refractivity contribution in [3.8, 4) is 10.6 Å². The molecule has 2 aromatic carbocycles. The summed E-state index contributed by atoms with van der Waals surface area (Å²) in [6.45, 7) is 1.72. The van der Waals surface area contributed by atoms with Crippen molar-refractivity contribution in [1.29, 1.82) is 0 Å². The highest BCUT2D eigenvalue weighted by molar-refractivity contribution is 7.13. The first kappa shape index (κ1) is 20.4. The van der Waals surface area contributed by atoms with Gasteiger partial charge in [0, 0.05) is 10.9 Å². The third-order valence-corrected chi connectivity index (χ3v) is 5.37. The number of carbonyl (C=O) groups is 1. The summed E-state index contributed by atoms with van der Waals surface area (Å²) >= 11 is 7.56. The number of rotatable bonds is 5. The molecule has 0 fully saturated rings. The Labute approximate surface area is 169 Å². The SMILES string of the molecule is CC(NC(=O)Cc1csc(-c2ccccc2Cl)n1)c1ccc(C(F)(F)F)cc1. The number of benzene rings is 2. The molecule has 1 N–H and O–H groups in total. The van der Waals surface area contributed by atoms with Gasteiger partial charge < -0.3 is 5.32 Å². The van der Waals surface area contributed by atoms with Crippen LogP contribution in [0.25, 0.3) is 10.6 Å². The van der Waals surface area contributed by atoms with Crippen LogP contribution in [-0.4, -0.2) is 10.9 Å². The number of thiazole rings is 1. The zero-order chi connectivity index (χ0) is 20.3. The van der Waals surface area contributed by atoms with Crippen molar-refractivity contribution in [2.75, 3.05) is 0 Å². The van der Waals surface area contributed by atoms with E-state index in [2.05, 4.69) is 10.3 Å². The standard InChI is InChI=1S/C20H16ClF3N2OS/c1-12(13-6-8-14(9-7-13)20(22,23)24)25-18(27)10-15-11-28-19(26-15)16-4-2-3-5-17(16)21/h2-9,11-12H,10H2,1H3,(H,25,27). The molecular formula is C20H16ClF3N2OS. The van der Waals surface area contributed by atoms with E-state index in [1.165, 1.54) is 23.5 Å². The van der Waals surface area contributed by atoms with Gasteiger partial charge in [0.2, 0.25) is 5.91 Å². The van der Waals surface area contributed by atoms with Crippen LogP contribution in [-0.2, 0) is 17.4 Å². The first-order chi connectivity index (χ1) is 13.2. The zero-order valence-electron chi connectivity index (χ0n) is 14.8. The Morgan fingerprint density at radius 3 is 2.50 bits per heavy atom. The molecule has 0 radical (unpaired) electrons. The average molecular weight is 425 g/mol. The van der Waals surface area contributed by atoms with Crippen LogP contribution in [0, 0.1) is 0 Å². The lowest BCUT2D eigenvalue weighted by Crippen LogP contribution is -2.28. The van der Waals surface area contributed by atoms with Crippen LogP contribution in [0.4, 0.5) is 13.2 Å². The molecule has 1 aromatic heterocycles. The fraction of sp³-hybridized carbons (Fsp3) is 0.200. The smallest absolute Gasteiger partial charge is 0.349 e. The Morgan fingerprint density at radius 2 is 1.86 bits per heavy atom. The zero-order valence-corrected chi connectivity index (χ0v) is 16.3. The van der Waals surface area contributed by atoms with Gasteiger partial charge in [-0.15, -0.1) is 11.3 Å². The molecule has 0 aliphatic rings. The van der Waals surface area contributed by atoms with Gasteiger partial charge in [-0.2, -0.15) is 13.2 Å². The molecule has 1 heterocycles. The fourth-order valence-corrected chi connectivity index (χ4v) is 3.79. The number of hydrogen-bond donors (Lipinski definition) is 1. The fourth-order valence-electron chi connectivity index (χ4n) is 2.65. The highest BCUT2D eigenvalue weighted by Crippen LogP contribution is 2.31. The number of halogens is 4. The number of aromatic nitrogens is 1. The molecule has 0 saturated carbocycles. The van der Waals surface area contributed by atoms with Gasteiger partial charge in [0.1, 0.15) is 5.01 Å². The Morgan fingerprint density at radius 1 is 1.18 bits per heavy atom. The summed E-state index contributed by atoms with van der Waals surface area (Å²) in [5.74, 6) is -0.261. The predicted octanol–water partition coefficient (Wildman–Crippen LogP) is 5.90. The molecule has 28 heavy (non-hydrogen) atoms. The topological polar surface area (TPSA) is 42.0 Å². The van der Waals surface area contributed by atoms with E-state index in [-0.39, 0.29) is 12.3 Å². The van der Waals surface area contributed by atoms with Gasteiger partial charge in [0.15, 0.2) is 0 Å². The maximum atomic E-state index is 12.6. The molecule has 0 saturated heterocycles. The minimum absolute atomic E-state index is 0.0753. The maximum Gasteiger partial charge on any atom is 0.416 e. The molecule has 3 nitrogen and oxygen atoms in total. The van der Waals surface area contributed by atoms with Crippen LogP contribution >= 0.6 is 22.9 Å². The summed E-state index contributed by atoms with van der Waals surface area (Å²) < 4.78 is 37.9. The van der Waals surface area contributed by atoms with Crippen LogP contribution < -0.4 is 5.32 Å². The van der Waals surface area contributed by atoms with Gasteiger partial charge in [-0.3, -0.25) is 4.79 Å². The molecule has 3 rings (SSSR count). The molecule has 1 unspecified atom stereocenters. The van der Waals surface area contributed by atoms with E-state index >= 15 is 0 Å². The molecule has 8 heteroatoms. The maximum absolute atomic E-state index is 12.6. The van der Waals surface area contributed by atoms with Crippen LogP contribution in [0.5, 0.6) is 0 Å². The number of hydrogen-bond acceptors (Lipinski definition) is 3. The lowest BCUT2D eigenvalue weighted by atomic mass is 10.1. The minimum atomic E-state index is -4.38. The first-order valence-corrected chi connectivity index (χ1v) is 9.65. The normalized spacial score (nSPS) is 12.6. The number of carbonyl (C=O) groups excluding carboxylic acids is 1. The van der Waals surface area contributed by atoms with Crippen LogP contribution in [0.3, 0.4) is 0 Å². The Bertz CT molecular complexity index is 970. The van der Waals surface area contributed by atoms with Crippen molar-refractivity contribution in [2.45, 2.75) is 25.6 Å². The molecule has 0 aliphatic carbocycles. The summed E-state index contributed by atoms with van der Waals surface area (Å²) in [4.78, 5) is 16.7. The first-order valence-electron chi connectivity index (χ1n) is 8.40. The molecule has 0 bridgehead atoms. The Hall–Kier alpha value is -2.38. The van der Waals surface area contributed by atoms with E-state index in [1.807, 2.05) is 18.2 Å². The molecular weight excluding hydrogens is 409 g/mol. The molecule has 3 aromatic rings. The van der Waals surface area contributed by atoms with E-state index in [0.717, 1.165) is 22.7 Å². The molecule has 1 atom stereocenters. The number of nitrogens with one attached hydrogen (secondary N) is 1. The number of nitrogens with zero attached hydrogens (tertiary/aromatic N) is 1. The van der Waals surface area contributed by atoms with Crippen molar-refractivity contribution in [3.63, 3.8) is 0 Å². The second-order valence-electron chi connectivity index (χ2n) is 6.21. The summed E-state index contributed by atoms with van der Waals surface area (Å²) in [6, 6.07) is 11.7. The van der Waals surface area contributed by atoms with E-state index in [9.17, 15) is 18.0 Å². The summed E-state index contributed by atoms with van der Waals surface area (Å²) in [5.41, 5.74) is 1.29. The monoisotopic (exact) mass is 424 g/mol. The lowest BCUT2D eigenvalue weighted by molar-refractivity contribution is -0.137. The Balaban J connectivity index is 1.62. The van der Waals surface area contributed by atoms with Crippen molar-refractivity contribution >= 4 is 28.8 Å². The predicted molar refractivity (Wildman–Crippen MR) is 104 cm³/mol. The number of alkyl halides is 3. The highest BCUT2D eigenvalue weighted by atomic mass is 35.5. The minimum Gasteiger partial charge on any atom is -0.349 e. The molecule has 146 valence electrons. The average Bonchev–Trinajstić information content (AvgIpc) is 3.09. The summed E-state index contributed by atoms with van der Waals surface area (Å²) in [7, 11) is 0. The third kappa shape index (κ3) is 4.91.